The molecule has 0 aliphatic heterocycles. The number of H-pyrrole nitrogens is 1. The van der Waals surface area contributed by atoms with Crippen LogP contribution >= 0.6 is 0 Å². The summed E-state index contributed by atoms with van der Waals surface area (Å²) in [6, 6.07) is 19.5. The van der Waals surface area contributed by atoms with Crippen LogP contribution in [0, 0.1) is 22.7 Å². The maximum atomic E-state index is 8.95. The zero-order valence-corrected chi connectivity index (χ0v) is 13.6. The summed E-state index contributed by atoms with van der Waals surface area (Å²) < 4.78 is 0. The van der Waals surface area contributed by atoms with E-state index in [-0.39, 0.29) is 0 Å². The van der Waals surface area contributed by atoms with E-state index in [1.54, 1.807) is 6.33 Å². The topological polar surface area (TPSA) is 76.3 Å². The minimum atomic E-state index is 0.641. The lowest BCUT2D eigenvalue weighted by atomic mass is 9.99. The molecule has 0 atom stereocenters. The van der Waals surface area contributed by atoms with Gasteiger partial charge in [-0.2, -0.15) is 10.5 Å². The van der Waals surface area contributed by atoms with Gasteiger partial charge in [0.2, 0.25) is 0 Å². The minimum absolute atomic E-state index is 0.641. The zero-order chi connectivity index (χ0) is 17.5. The van der Waals surface area contributed by atoms with E-state index < -0.39 is 0 Å². The number of rotatable bonds is 5. The van der Waals surface area contributed by atoms with Crippen molar-refractivity contribution < 1.29 is 0 Å². The van der Waals surface area contributed by atoms with Crippen molar-refractivity contribution in [2.45, 2.75) is 12.8 Å². The molecule has 0 saturated heterocycles. The Hall–Kier alpha value is -3.63. The molecule has 0 radical (unpaired) electrons. The Kier molecular flexibility index (Phi) is 5.04. The molecule has 0 unspecified atom stereocenters. The molecule has 3 aromatic rings. The largest absolute Gasteiger partial charge is 0.351 e. The van der Waals surface area contributed by atoms with Crippen molar-refractivity contribution >= 4 is 5.57 Å². The number of hydrogen-bond donors (Lipinski definition) is 1. The number of benzene rings is 2. The van der Waals surface area contributed by atoms with E-state index in [9.17, 15) is 0 Å². The average Bonchev–Trinajstić information content (AvgIpc) is 3.20. The molecular weight excluding hydrogens is 308 g/mol. The molecule has 4 heteroatoms. The van der Waals surface area contributed by atoms with Crippen LogP contribution in [-0.4, -0.2) is 9.97 Å². The summed E-state index contributed by atoms with van der Waals surface area (Å²) in [7, 11) is 0. The van der Waals surface area contributed by atoms with E-state index in [4.69, 9.17) is 10.5 Å². The molecule has 120 valence electrons. The summed E-state index contributed by atoms with van der Waals surface area (Å²) >= 11 is 0. The van der Waals surface area contributed by atoms with Crippen LogP contribution in [0.2, 0.25) is 0 Å². The number of nitriles is 2. The quantitative estimate of drug-likeness (QED) is 0.763. The first-order chi connectivity index (χ1) is 12.3. The number of aryl methyl sites for hydroxylation is 1. The van der Waals surface area contributed by atoms with Crippen LogP contribution in [0.25, 0.3) is 5.57 Å². The molecule has 1 heterocycles. The second kappa shape index (κ2) is 7.77. The molecule has 4 nitrogen and oxygen atoms in total. The Labute approximate surface area is 146 Å². The van der Waals surface area contributed by atoms with Gasteiger partial charge in [0.25, 0.3) is 0 Å². The van der Waals surface area contributed by atoms with E-state index >= 15 is 0 Å². The minimum Gasteiger partial charge on any atom is -0.351 e. The van der Waals surface area contributed by atoms with Crippen LogP contribution in [0.4, 0.5) is 0 Å². The van der Waals surface area contributed by atoms with Gasteiger partial charge in [-0.1, -0.05) is 30.3 Å². The highest BCUT2D eigenvalue weighted by molar-refractivity contribution is 5.77. The van der Waals surface area contributed by atoms with Crippen molar-refractivity contribution in [3.63, 3.8) is 0 Å². The molecule has 0 fully saturated rings. The van der Waals surface area contributed by atoms with Gasteiger partial charge in [-0.05, 0) is 48.2 Å². The smallest absolute Gasteiger partial charge is 0.0991 e. The Bertz CT molecular complexity index is 935. The highest BCUT2D eigenvalue weighted by Crippen LogP contribution is 2.23. The molecule has 0 saturated carbocycles. The SMILES string of the molecule is N#Cc1ccc(CC/C=C(\c2ccc(C#N)cc2)c2c[nH]cn2)cc1. The number of allylic oxidation sites excluding steroid dienone is 1. The van der Waals surface area contributed by atoms with Crippen molar-refractivity contribution in [3.8, 4) is 12.1 Å². The van der Waals surface area contributed by atoms with Gasteiger partial charge < -0.3 is 4.98 Å². The lowest BCUT2D eigenvalue weighted by Gasteiger charge is -2.06. The van der Waals surface area contributed by atoms with Gasteiger partial charge in [0.15, 0.2) is 0 Å². The van der Waals surface area contributed by atoms with E-state index in [0.29, 0.717) is 11.1 Å². The van der Waals surface area contributed by atoms with Gasteiger partial charge in [-0.3, -0.25) is 0 Å². The van der Waals surface area contributed by atoms with Crippen LogP contribution < -0.4 is 0 Å². The van der Waals surface area contributed by atoms with Crippen molar-refractivity contribution in [1.82, 2.24) is 9.97 Å². The summed E-state index contributed by atoms with van der Waals surface area (Å²) in [5, 5.41) is 17.8. The van der Waals surface area contributed by atoms with Crippen LogP contribution in [0.1, 0.15) is 34.4 Å². The molecule has 1 N–H and O–H groups in total. The Morgan fingerprint density at radius 2 is 1.60 bits per heavy atom. The lowest BCUT2D eigenvalue weighted by molar-refractivity contribution is 1.00. The fourth-order valence-corrected chi connectivity index (χ4v) is 2.63. The van der Waals surface area contributed by atoms with Gasteiger partial charge in [0.05, 0.1) is 35.3 Å². The maximum Gasteiger partial charge on any atom is 0.0991 e. The summed E-state index contributed by atoms with van der Waals surface area (Å²) in [5.74, 6) is 0. The van der Waals surface area contributed by atoms with Crippen LogP contribution in [0.3, 0.4) is 0 Å². The van der Waals surface area contributed by atoms with Gasteiger partial charge in [0, 0.05) is 11.8 Å². The van der Waals surface area contributed by atoms with Crippen LogP contribution in [0.15, 0.2) is 67.1 Å². The third-order valence-electron chi connectivity index (χ3n) is 3.96. The van der Waals surface area contributed by atoms with Gasteiger partial charge in [-0.25, -0.2) is 4.98 Å². The summed E-state index contributed by atoms with van der Waals surface area (Å²) in [5.41, 5.74) is 5.46. The predicted molar refractivity (Wildman–Crippen MR) is 96.3 cm³/mol. The fraction of sp³-hybridized carbons (Fsp3) is 0.0952. The normalized spacial score (nSPS) is 10.9. The third-order valence-corrected chi connectivity index (χ3v) is 3.96. The van der Waals surface area contributed by atoms with Crippen LogP contribution in [0.5, 0.6) is 0 Å². The first-order valence-corrected chi connectivity index (χ1v) is 7.99. The first-order valence-electron chi connectivity index (χ1n) is 7.99. The van der Waals surface area contributed by atoms with Gasteiger partial charge >= 0.3 is 0 Å². The molecule has 0 aliphatic rings. The standard InChI is InChI=1S/C21H16N4/c22-12-17-6-4-16(5-7-17)2-1-3-20(21-14-24-15-25-21)19-10-8-18(13-23)9-11-19/h3-11,14-15H,1-2H2,(H,24,25)/b20-3+. The summed E-state index contributed by atoms with van der Waals surface area (Å²) in [6.07, 6.45) is 7.43. The van der Waals surface area contributed by atoms with Crippen LogP contribution in [-0.2, 0) is 6.42 Å². The number of nitrogens with zero attached hydrogens (tertiary/aromatic N) is 3. The second-order valence-electron chi connectivity index (χ2n) is 5.61. The number of imidazole rings is 1. The van der Waals surface area contributed by atoms with Gasteiger partial charge in [-0.15, -0.1) is 0 Å². The van der Waals surface area contributed by atoms with Gasteiger partial charge in [0.1, 0.15) is 0 Å². The van der Waals surface area contributed by atoms with E-state index in [2.05, 4.69) is 28.2 Å². The first kappa shape index (κ1) is 16.2. The average molecular weight is 324 g/mol. The highest BCUT2D eigenvalue weighted by Gasteiger charge is 2.07. The summed E-state index contributed by atoms with van der Waals surface area (Å²) in [6.45, 7) is 0. The van der Waals surface area contributed by atoms with Crippen molar-refractivity contribution in [3.05, 3.63) is 95.1 Å². The third kappa shape index (κ3) is 4.02. The Morgan fingerprint density at radius 1 is 0.960 bits per heavy atom. The zero-order valence-electron chi connectivity index (χ0n) is 13.6. The van der Waals surface area contributed by atoms with Crippen molar-refractivity contribution in [2.24, 2.45) is 0 Å². The van der Waals surface area contributed by atoms with Crippen molar-refractivity contribution in [2.75, 3.05) is 0 Å². The molecule has 2 aromatic carbocycles. The Balaban J connectivity index is 1.80. The fourth-order valence-electron chi connectivity index (χ4n) is 2.63. The molecule has 0 amide bonds. The molecule has 0 bridgehead atoms. The number of hydrogen-bond acceptors (Lipinski definition) is 3. The van der Waals surface area contributed by atoms with E-state index in [1.807, 2.05) is 54.7 Å². The molecule has 0 spiro atoms. The van der Waals surface area contributed by atoms with E-state index in [1.165, 1.54) is 5.56 Å². The molecule has 0 aliphatic carbocycles. The number of aromatic amines is 1. The molecule has 25 heavy (non-hydrogen) atoms. The van der Waals surface area contributed by atoms with Crippen molar-refractivity contribution in [1.29, 1.82) is 10.5 Å². The number of aromatic nitrogens is 2. The monoisotopic (exact) mass is 324 g/mol. The lowest BCUT2D eigenvalue weighted by Crippen LogP contribution is -1.91. The highest BCUT2D eigenvalue weighted by atomic mass is 14.9. The number of nitrogens with one attached hydrogen (secondary N) is 1. The molecular formula is C21H16N4. The molecule has 3 rings (SSSR count). The Morgan fingerprint density at radius 3 is 2.16 bits per heavy atom. The van der Waals surface area contributed by atoms with E-state index in [0.717, 1.165) is 29.7 Å². The molecule has 1 aromatic heterocycles. The maximum absolute atomic E-state index is 8.95. The summed E-state index contributed by atoms with van der Waals surface area (Å²) in [4.78, 5) is 7.35. The second-order valence-corrected chi connectivity index (χ2v) is 5.61. The predicted octanol–water partition coefficient (Wildman–Crippen LogP) is 4.22.